The van der Waals surface area contributed by atoms with Crippen molar-refractivity contribution in [3.63, 3.8) is 0 Å². The highest BCUT2D eigenvalue weighted by Crippen LogP contribution is 2.25. The lowest BCUT2D eigenvalue weighted by molar-refractivity contribution is 0.107. The summed E-state index contributed by atoms with van der Waals surface area (Å²) in [6.07, 6.45) is 3.39. The van der Waals surface area contributed by atoms with Gasteiger partial charge >= 0.3 is 0 Å². The Balaban J connectivity index is 1.88. The van der Waals surface area contributed by atoms with Crippen molar-refractivity contribution in [2.24, 2.45) is 5.73 Å². The fraction of sp³-hybridized carbons (Fsp3) is 0.615. The summed E-state index contributed by atoms with van der Waals surface area (Å²) in [7, 11) is 0. The molecule has 2 aliphatic rings. The minimum atomic E-state index is 0.463. The Kier molecular flexibility index (Phi) is 2.99. The first-order chi connectivity index (χ1) is 8.38. The van der Waals surface area contributed by atoms with Crippen molar-refractivity contribution >= 4 is 5.82 Å². The number of ether oxygens (including phenoxy) is 1. The number of aromatic nitrogens is 1. The van der Waals surface area contributed by atoms with E-state index in [1.165, 1.54) is 18.4 Å². The second kappa shape index (κ2) is 4.63. The Labute approximate surface area is 102 Å². The fourth-order valence-corrected chi connectivity index (χ4v) is 2.76. The molecule has 3 heterocycles. The molecule has 1 aromatic heterocycles. The summed E-state index contributed by atoms with van der Waals surface area (Å²) in [6, 6.07) is 4.80. The lowest BCUT2D eigenvalue weighted by Gasteiger charge is -2.26. The van der Waals surface area contributed by atoms with Crippen molar-refractivity contribution < 1.29 is 4.74 Å². The average Bonchev–Trinajstić information content (AvgIpc) is 2.86. The van der Waals surface area contributed by atoms with Crippen LogP contribution in [0.25, 0.3) is 0 Å². The quantitative estimate of drug-likeness (QED) is 0.830. The van der Waals surface area contributed by atoms with Crippen molar-refractivity contribution in [2.75, 3.05) is 24.6 Å². The van der Waals surface area contributed by atoms with E-state index in [1.54, 1.807) is 0 Å². The number of rotatable bonds is 2. The van der Waals surface area contributed by atoms with Crippen molar-refractivity contribution in [3.8, 4) is 0 Å². The van der Waals surface area contributed by atoms with Gasteiger partial charge in [0.2, 0.25) is 0 Å². The molecule has 17 heavy (non-hydrogen) atoms. The van der Waals surface area contributed by atoms with Gasteiger partial charge in [-0.2, -0.15) is 0 Å². The number of fused-ring (bicyclic) bond motifs is 1. The van der Waals surface area contributed by atoms with E-state index in [-0.39, 0.29) is 0 Å². The third-order valence-electron chi connectivity index (χ3n) is 3.75. The van der Waals surface area contributed by atoms with E-state index in [9.17, 15) is 0 Å². The predicted octanol–water partition coefficient (Wildman–Crippen LogP) is 1.08. The molecule has 1 saturated heterocycles. The molecule has 0 amide bonds. The van der Waals surface area contributed by atoms with Gasteiger partial charge in [0.25, 0.3) is 0 Å². The minimum Gasteiger partial charge on any atom is -0.375 e. The minimum absolute atomic E-state index is 0.463. The molecule has 0 radical (unpaired) electrons. The van der Waals surface area contributed by atoms with E-state index in [0.29, 0.717) is 12.6 Å². The van der Waals surface area contributed by atoms with Gasteiger partial charge in [0.1, 0.15) is 5.82 Å². The summed E-state index contributed by atoms with van der Waals surface area (Å²) >= 11 is 0. The standard InChI is InChI=1S/C13H19N3O/c14-8-11-2-1-6-16(11)13-4-3-10-5-7-17-9-12(10)15-13/h3-4,11H,1-2,5-9,14H2. The second-order valence-corrected chi connectivity index (χ2v) is 4.80. The summed E-state index contributed by atoms with van der Waals surface area (Å²) < 4.78 is 5.46. The van der Waals surface area contributed by atoms with E-state index in [1.807, 2.05) is 0 Å². The molecule has 4 heteroatoms. The van der Waals surface area contributed by atoms with Crippen LogP contribution in [0.15, 0.2) is 12.1 Å². The fourth-order valence-electron chi connectivity index (χ4n) is 2.76. The van der Waals surface area contributed by atoms with Crippen LogP contribution < -0.4 is 10.6 Å². The van der Waals surface area contributed by atoms with Crippen molar-refractivity contribution in [2.45, 2.75) is 31.9 Å². The maximum atomic E-state index is 5.81. The van der Waals surface area contributed by atoms with Gasteiger partial charge in [0.15, 0.2) is 0 Å². The molecule has 1 unspecified atom stereocenters. The molecule has 0 spiro atoms. The molecule has 4 nitrogen and oxygen atoms in total. The van der Waals surface area contributed by atoms with Crippen molar-refractivity contribution in [1.29, 1.82) is 0 Å². The van der Waals surface area contributed by atoms with Gasteiger partial charge in [-0.05, 0) is 30.9 Å². The smallest absolute Gasteiger partial charge is 0.129 e. The first kappa shape index (κ1) is 11.0. The molecule has 1 fully saturated rings. The van der Waals surface area contributed by atoms with Gasteiger partial charge in [-0.25, -0.2) is 4.98 Å². The average molecular weight is 233 g/mol. The van der Waals surface area contributed by atoms with Gasteiger partial charge in [0, 0.05) is 19.1 Å². The number of hydrogen-bond acceptors (Lipinski definition) is 4. The van der Waals surface area contributed by atoms with Crippen LogP contribution in [0.3, 0.4) is 0 Å². The van der Waals surface area contributed by atoms with Crippen LogP contribution in [0.4, 0.5) is 5.82 Å². The Morgan fingerprint density at radius 1 is 1.47 bits per heavy atom. The van der Waals surface area contributed by atoms with E-state index in [2.05, 4.69) is 17.0 Å². The van der Waals surface area contributed by atoms with Gasteiger partial charge in [0.05, 0.1) is 18.9 Å². The molecular formula is C13H19N3O. The number of nitrogens with zero attached hydrogens (tertiary/aromatic N) is 2. The zero-order chi connectivity index (χ0) is 11.7. The van der Waals surface area contributed by atoms with Crippen molar-refractivity contribution in [3.05, 3.63) is 23.4 Å². The molecule has 2 N–H and O–H groups in total. The van der Waals surface area contributed by atoms with Gasteiger partial charge in [-0.1, -0.05) is 6.07 Å². The van der Waals surface area contributed by atoms with Crippen LogP contribution >= 0.6 is 0 Å². The van der Waals surface area contributed by atoms with Gasteiger partial charge in [-0.15, -0.1) is 0 Å². The number of hydrogen-bond donors (Lipinski definition) is 1. The predicted molar refractivity (Wildman–Crippen MR) is 67.0 cm³/mol. The molecule has 1 aromatic rings. The highest BCUT2D eigenvalue weighted by atomic mass is 16.5. The highest BCUT2D eigenvalue weighted by Gasteiger charge is 2.25. The first-order valence-corrected chi connectivity index (χ1v) is 6.42. The lowest BCUT2D eigenvalue weighted by Crippen LogP contribution is -2.36. The van der Waals surface area contributed by atoms with E-state index in [4.69, 9.17) is 15.5 Å². The van der Waals surface area contributed by atoms with Crippen LogP contribution in [0.5, 0.6) is 0 Å². The Morgan fingerprint density at radius 2 is 2.41 bits per heavy atom. The number of nitrogens with two attached hydrogens (primary N) is 1. The molecule has 1 atom stereocenters. The lowest BCUT2D eigenvalue weighted by atomic mass is 10.1. The van der Waals surface area contributed by atoms with Crippen LogP contribution in [0.2, 0.25) is 0 Å². The number of pyridine rings is 1. The SMILES string of the molecule is NCC1CCCN1c1ccc2c(n1)COCC2. The van der Waals surface area contributed by atoms with E-state index in [0.717, 1.165) is 37.6 Å². The topological polar surface area (TPSA) is 51.4 Å². The maximum Gasteiger partial charge on any atom is 0.129 e. The molecule has 3 rings (SSSR count). The maximum absolute atomic E-state index is 5.81. The first-order valence-electron chi connectivity index (χ1n) is 6.42. The summed E-state index contributed by atoms with van der Waals surface area (Å²) in [5.74, 6) is 1.07. The molecular weight excluding hydrogens is 214 g/mol. The Bertz CT molecular complexity index is 408. The molecule has 0 aliphatic carbocycles. The molecule has 0 bridgehead atoms. The molecule has 2 aliphatic heterocycles. The van der Waals surface area contributed by atoms with Crippen molar-refractivity contribution in [1.82, 2.24) is 4.98 Å². The third kappa shape index (κ3) is 2.03. The Morgan fingerprint density at radius 3 is 3.29 bits per heavy atom. The van der Waals surface area contributed by atoms with E-state index < -0.39 is 0 Å². The molecule has 0 saturated carbocycles. The second-order valence-electron chi connectivity index (χ2n) is 4.80. The summed E-state index contributed by atoms with van der Waals surface area (Å²) in [4.78, 5) is 7.08. The van der Waals surface area contributed by atoms with E-state index >= 15 is 0 Å². The van der Waals surface area contributed by atoms with Crippen LogP contribution in [0, 0.1) is 0 Å². The van der Waals surface area contributed by atoms with Gasteiger partial charge in [-0.3, -0.25) is 0 Å². The zero-order valence-corrected chi connectivity index (χ0v) is 10.1. The Hall–Kier alpha value is -1.13. The van der Waals surface area contributed by atoms with Crippen LogP contribution in [-0.2, 0) is 17.8 Å². The van der Waals surface area contributed by atoms with Crippen LogP contribution in [-0.4, -0.2) is 30.7 Å². The summed E-state index contributed by atoms with van der Waals surface area (Å²) in [6.45, 7) is 3.28. The van der Waals surface area contributed by atoms with Crippen LogP contribution in [0.1, 0.15) is 24.1 Å². The summed E-state index contributed by atoms with van der Waals surface area (Å²) in [5.41, 5.74) is 8.25. The van der Waals surface area contributed by atoms with Gasteiger partial charge < -0.3 is 15.4 Å². The monoisotopic (exact) mass is 233 g/mol. The summed E-state index contributed by atoms with van der Waals surface area (Å²) in [5, 5.41) is 0. The molecule has 0 aromatic carbocycles. The largest absolute Gasteiger partial charge is 0.375 e. The zero-order valence-electron chi connectivity index (χ0n) is 10.1. The normalized spacial score (nSPS) is 23.8. The molecule has 92 valence electrons. The highest BCUT2D eigenvalue weighted by molar-refractivity contribution is 5.44. The number of anilines is 1. The third-order valence-corrected chi connectivity index (χ3v) is 3.75.